The molecule has 0 amide bonds. The molecule has 0 unspecified atom stereocenters. The molecule has 0 N–H and O–H groups in total. The maximum Gasteiger partial charge on any atom is 0.162 e. The minimum Gasteiger partial charge on any atom is -0.486 e. The van der Waals surface area contributed by atoms with Gasteiger partial charge in [0.2, 0.25) is 0 Å². The van der Waals surface area contributed by atoms with Gasteiger partial charge in [0.05, 0.1) is 0 Å². The Labute approximate surface area is 181 Å². The van der Waals surface area contributed by atoms with Crippen LogP contribution in [0.1, 0.15) is 0 Å². The van der Waals surface area contributed by atoms with E-state index in [4.69, 9.17) is 28.4 Å². The number of hydrogen-bond acceptors (Lipinski definition) is 6. The van der Waals surface area contributed by atoms with E-state index in [0.717, 1.165) is 50.4 Å². The molecule has 158 valence electrons. The van der Waals surface area contributed by atoms with Crippen molar-refractivity contribution in [1.82, 2.24) is 0 Å². The standard InChI is InChI=1S/C24H21O6P/c1-4-19-22(28-10-7-25-19)13-16(1)31(17-2-5-20-23(14-17)29-11-8-26-20)18-3-6-21-24(15-18)30-12-9-27-21/h1-6,13-15H,7-12H2. The van der Waals surface area contributed by atoms with Crippen molar-refractivity contribution in [3.05, 3.63) is 54.6 Å². The summed E-state index contributed by atoms with van der Waals surface area (Å²) in [6, 6.07) is 18.6. The fraction of sp³-hybridized carbons (Fsp3) is 0.250. The van der Waals surface area contributed by atoms with Crippen LogP contribution in [0.5, 0.6) is 34.5 Å². The van der Waals surface area contributed by atoms with E-state index in [1.807, 2.05) is 18.2 Å². The minimum atomic E-state index is -0.898. The second-order valence-electron chi connectivity index (χ2n) is 7.32. The third kappa shape index (κ3) is 3.51. The van der Waals surface area contributed by atoms with Gasteiger partial charge in [-0.2, -0.15) is 0 Å². The van der Waals surface area contributed by atoms with E-state index < -0.39 is 7.92 Å². The Morgan fingerprint density at radius 2 is 0.677 bits per heavy atom. The van der Waals surface area contributed by atoms with Crippen LogP contribution in [0.25, 0.3) is 0 Å². The van der Waals surface area contributed by atoms with E-state index >= 15 is 0 Å². The fourth-order valence-electron chi connectivity index (χ4n) is 3.96. The molecule has 3 aromatic carbocycles. The molecular weight excluding hydrogens is 415 g/mol. The van der Waals surface area contributed by atoms with Crippen LogP contribution in [0.4, 0.5) is 0 Å². The van der Waals surface area contributed by atoms with Crippen LogP contribution < -0.4 is 44.3 Å². The summed E-state index contributed by atoms with van der Waals surface area (Å²) in [5.41, 5.74) is 0. The second-order valence-corrected chi connectivity index (χ2v) is 9.54. The van der Waals surface area contributed by atoms with Crippen molar-refractivity contribution in [2.45, 2.75) is 0 Å². The predicted octanol–water partition coefficient (Wildman–Crippen LogP) is 2.76. The first-order valence-electron chi connectivity index (χ1n) is 10.3. The Morgan fingerprint density at radius 1 is 0.387 bits per heavy atom. The summed E-state index contributed by atoms with van der Waals surface area (Å²) in [5, 5.41) is 3.48. The highest BCUT2D eigenvalue weighted by Gasteiger charge is 2.24. The van der Waals surface area contributed by atoms with Crippen molar-refractivity contribution in [3.63, 3.8) is 0 Å². The van der Waals surface area contributed by atoms with Crippen molar-refractivity contribution in [1.29, 1.82) is 0 Å². The topological polar surface area (TPSA) is 55.4 Å². The molecule has 0 atom stereocenters. The molecule has 0 fully saturated rings. The average molecular weight is 436 g/mol. The molecule has 0 spiro atoms. The van der Waals surface area contributed by atoms with Gasteiger partial charge >= 0.3 is 0 Å². The lowest BCUT2D eigenvalue weighted by molar-refractivity contribution is 0.171. The van der Waals surface area contributed by atoms with Crippen molar-refractivity contribution in [2.75, 3.05) is 39.6 Å². The van der Waals surface area contributed by atoms with Gasteiger partial charge in [-0.1, -0.05) is 0 Å². The van der Waals surface area contributed by atoms with Crippen LogP contribution in [0.3, 0.4) is 0 Å². The molecule has 0 bridgehead atoms. The third-order valence-electron chi connectivity index (χ3n) is 5.35. The first-order valence-corrected chi connectivity index (χ1v) is 11.7. The Kier molecular flexibility index (Phi) is 4.73. The van der Waals surface area contributed by atoms with Crippen molar-refractivity contribution < 1.29 is 28.4 Å². The van der Waals surface area contributed by atoms with Gasteiger partial charge in [0.1, 0.15) is 39.6 Å². The third-order valence-corrected chi connectivity index (χ3v) is 7.74. The lowest BCUT2D eigenvalue weighted by atomic mass is 10.3. The highest BCUT2D eigenvalue weighted by Crippen LogP contribution is 2.42. The fourth-order valence-corrected chi connectivity index (χ4v) is 6.26. The molecule has 3 aliphatic rings. The molecule has 0 radical (unpaired) electrons. The zero-order valence-electron chi connectivity index (χ0n) is 16.8. The highest BCUT2D eigenvalue weighted by atomic mass is 31.1. The molecule has 31 heavy (non-hydrogen) atoms. The summed E-state index contributed by atoms with van der Waals surface area (Å²) >= 11 is 0. The maximum absolute atomic E-state index is 5.86. The summed E-state index contributed by atoms with van der Waals surface area (Å²) in [6.07, 6.45) is 0. The summed E-state index contributed by atoms with van der Waals surface area (Å²) in [5.74, 6) is 4.71. The SMILES string of the molecule is c1cc2c(cc1P(c1ccc3c(c1)OCCO3)c1ccc3c(c1)OCCO3)OCCO2. The Morgan fingerprint density at radius 3 is 1.00 bits per heavy atom. The van der Waals surface area contributed by atoms with Gasteiger partial charge in [-0.3, -0.25) is 0 Å². The molecule has 0 aliphatic carbocycles. The Hall–Kier alpha value is -3.11. The van der Waals surface area contributed by atoms with Crippen LogP contribution >= 0.6 is 7.92 Å². The first-order chi connectivity index (χ1) is 15.3. The van der Waals surface area contributed by atoms with Crippen molar-refractivity contribution >= 4 is 23.8 Å². The van der Waals surface area contributed by atoms with Crippen LogP contribution in [-0.4, -0.2) is 39.6 Å². The Bertz CT molecular complexity index is 990. The molecule has 6 nitrogen and oxygen atoms in total. The minimum absolute atomic E-state index is 0.558. The smallest absolute Gasteiger partial charge is 0.162 e. The lowest BCUT2D eigenvalue weighted by Crippen LogP contribution is -2.24. The number of benzene rings is 3. The molecule has 3 heterocycles. The van der Waals surface area contributed by atoms with E-state index in [1.54, 1.807) is 0 Å². The van der Waals surface area contributed by atoms with Crippen LogP contribution in [-0.2, 0) is 0 Å². The molecule has 0 saturated heterocycles. The molecule has 6 rings (SSSR count). The summed E-state index contributed by atoms with van der Waals surface area (Å²) in [6.45, 7) is 3.40. The molecule has 0 aromatic heterocycles. The zero-order valence-corrected chi connectivity index (χ0v) is 17.7. The van der Waals surface area contributed by atoms with Gasteiger partial charge in [0, 0.05) is 0 Å². The van der Waals surface area contributed by atoms with Crippen molar-refractivity contribution in [3.8, 4) is 34.5 Å². The van der Waals surface area contributed by atoms with E-state index in [9.17, 15) is 0 Å². The second kappa shape index (κ2) is 7.86. The number of hydrogen-bond donors (Lipinski definition) is 0. The van der Waals surface area contributed by atoms with Gasteiger partial charge in [0.25, 0.3) is 0 Å². The normalized spacial score (nSPS) is 16.2. The average Bonchev–Trinajstić information content (AvgIpc) is 2.84. The van der Waals surface area contributed by atoms with E-state index in [2.05, 4.69) is 36.4 Å². The molecule has 3 aliphatic heterocycles. The Balaban J connectivity index is 1.48. The molecule has 7 heteroatoms. The monoisotopic (exact) mass is 436 g/mol. The van der Waals surface area contributed by atoms with Gasteiger partial charge in [-0.15, -0.1) is 0 Å². The molecular formula is C24H21O6P. The lowest BCUT2D eigenvalue weighted by Gasteiger charge is -2.26. The highest BCUT2D eigenvalue weighted by molar-refractivity contribution is 7.79. The van der Waals surface area contributed by atoms with Gasteiger partial charge in [-0.05, 0) is 78.4 Å². The van der Waals surface area contributed by atoms with Gasteiger partial charge in [-0.25, -0.2) is 0 Å². The van der Waals surface area contributed by atoms with E-state index in [1.165, 1.54) is 0 Å². The number of rotatable bonds is 3. The first kappa shape index (κ1) is 18.6. The van der Waals surface area contributed by atoms with E-state index in [-0.39, 0.29) is 0 Å². The summed E-state index contributed by atoms with van der Waals surface area (Å²) < 4.78 is 34.8. The number of ether oxygens (including phenoxy) is 6. The summed E-state index contributed by atoms with van der Waals surface area (Å²) in [4.78, 5) is 0. The maximum atomic E-state index is 5.86. The summed E-state index contributed by atoms with van der Waals surface area (Å²) in [7, 11) is -0.898. The predicted molar refractivity (Wildman–Crippen MR) is 118 cm³/mol. The van der Waals surface area contributed by atoms with Crippen LogP contribution in [0.15, 0.2) is 54.6 Å². The molecule has 3 aromatic rings. The van der Waals surface area contributed by atoms with Gasteiger partial charge in [0.15, 0.2) is 34.5 Å². The largest absolute Gasteiger partial charge is 0.486 e. The van der Waals surface area contributed by atoms with E-state index in [0.29, 0.717) is 39.6 Å². The molecule has 0 saturated carbocycles. The van der Waals surface area contributed by atoms with Crippen molar-refractivity contribution in [2.24, 2.45) is 0 Å². The zero-order chi connectivity index (χ0) is 20.6. The van der Waals surface area contributed by atoms with Crippen LogP contribution in [0.2, 0.25) is 0 Å². The van der Waals surface area contributed by atoms with Gasteiger partial charge < -0.3 is 28.4 Å². The van der Waals surface area contributed by atoms with Crippen LogP contribution in [0, 0.1) is 0 Å². The quantitative estimate of drug-likeness (QED) is 0.589. The number of fused-ring (bicyclic) bond motifs is 3.